The molecule has 0 aliphatic heterocycles. The molecule has 0 atom stereocenters. The number of benzene rings is 1. The second-order valence-corrected chi connectivity index (χ2v) is 3.69. The molecule has 1 aromatic carbocycles. The van der Waals surface area contributed by atoms with Gasteiger partial charge < -0.3 is 14.9 Å². The van der Waals surface area contributed by atoms with E-state index in [1.165, 1.54) is 0 Å². The van der Waals surface area contributed by atoms with Crippen molar-refractivity contribution in [1.29, 1.82) is 0 Å². The van der Waals surface area contributed by atoms with E-state index in [-0.39, 0.29) is 5.76 Å². The van der Waals surface area contributed by atoms with Gasteiger partial charge in [-0.3, -0.25) is 0 Å². The Kier molecular flexibility index (Phi) is 5.31. The van der Waals surface area contributed by atoms with Crippen molar-refractivity contribution in [2.24, 2.45) is 0 Å². The van der Waals surface area contributed by atoms with Crippen molar-refractivity contribution in [3.05, 3.63) is 59.1 Å². The summed E-state index contributed by atoms with van der Waals surface area (Å²) in [5.41, 5.74) is 1.39. The fourth-order valence-corrected chi connectivity index (χ4v) is 1.42. The Bertz CT molecular complexity index is 555. The predicted octanol–water partition coefficient (Wildman–Crippen LogP) is 3.62. The standard InChI is InChI=1S/C16H16O3/c1-4-13(16(18)15(17)5-2)9-6-12-7-10-14(19-3)11-8-12/h2,4,6-11,17-18H,1,3H3/b9-6+,13-4-,16-15-. The van der Waals surface area contributed by atoms with Crippen LogP contribution < -0.4 is 4.74 Å². The summed E-state index contributed by atoms with van der Waals surface area (Å²) in [6.07, 6.45) is 10.1. The lowest BCUT2D eigenvalue weighted by Crippen LogP contribution is -1.91. The second kappa shape index (κ2) is 6.97. The highest BCUT2D eigenvalue weighted by Crippen LogP contribution is 2.16. The van der Waals surface area contributed by atoms with Crippen LogP contribution in [-0.2, 0) is 0 Å². The second-order valence-electron chi connectivity index (χ2n) is 3.69. The van der Waals surface area contributed by atoms with Crippen LogP contribution >= 0.6 is 0 Å². The van der Waals surface area contributed by atoms with Gasteiger partial charge in [-0.1, -0.05) is 30.4 Å². The molecular weight excluding hydrogens is 240 g/mol. The molecule has 1 rings (SSSR count). The number of methoxy groups -OCH3 is 1. The highest BCUT2D eigenvalue weighted by Gasteiger charge is 2.04. The minimum atomic E-state index is -0.479. The average Bonchev–Trinajstić information content (AvgIpc) is 2.47. The first-order chi connectivity index (χ1) is 9.12. The van der Waals surface area contributed by atoms with E-state index in [9.17, 15) is 10.2 Å². The molecule has 3 nitrogen and oxygen atoms in total. The molecule has 0 unspecified atom stereocenters. The summed E-state index contributed by atoms with van der Waals surface area (Å²) in [6, 6.07) is 7.43. The van der Waals surface area contributed by atoms with E-state index in [1.54, 1.807) is 32.3 Å². The zero-order valence-corrected chi connectivity index (χ0v) is 10.9. The van der Waals surface area contributed by atoms with E-state index < -0.39 is 5.76 Å². The van der Waals surface area contributed by atoms with Crippen molar-refractivity contribution in [3.8, 4) is 18.1 Å². The van der Waals surface area contributed by atoms with Gasteiger partial charge >= 0.3 is 0 Å². The summed E-state index contributed by atoms with van der Waals surface area (Å²) in [5.74, 6) is 1.97. The van der Waals surface area contributed by atoms with Crippen LogP contribution in [-0.4, -0.2) is 17.3 Å². The first kappa shape index (κ1) is 14.5. The molecule has 98 valence electrons. The quantitative estimate of drug-likeness (QED) is 0.491. The molecule has 0 saturated carbocycles. The Morgan fingerprint density at radius 1 is 1.26 bits per heavy atom. The number of hydrogen-bond acceptors (Lipinski definition) is 3. The topological polar surface area (TPSA) is 49.7 Å². The molecule has 0 saturated heterocycles. The third-order valence-corrected chi connectivity index (χ3v) is 2.52. The van der Waals surface area contributed by atoms with Crippen molar-refractivity contribution in [2.75, 3.05) is 7.11 Å². The number of terminal acetylenes is 1. The normalized spacial score (nSPS) is 13.0. The Hall–Kier alpha value is -2.60. The molecule has 0 amide bonds. The molecular formula is C16H16O3. The minimum Gasteiger partial charge on any atom is -0.503 e. The van der Waals surface area contributed by atoms with Gasteiger partial charge in [-0.05, 0) is 30.5 Å². The Morgan fingerprint density at radius 2 is 1.89 bits per heavy atom. The van der Waals surface area contributed by atoms with E-state index in [0.29, 0.717) is 5.57 Å². The fraction of sp³-hybridized carbons (Fsp3) is 0.125. The van der Waals surface area contributed by atoms with Crippen LogP contribution in [0.1, 0.15) is 12.5 Å². The number of hydrogen-bond donors (Lipinski definition) is 2. The molecule has 0 radical (unpaired) electrons. The smallest absolute Gasteiger partial charge is 0.210 e. The summed E-state index contributed by atoms with van der Waals surface area (Å²) >= 11 is 0. The van der Waals surface area contributed by atoms with Crippen LogP contribution in [0.25, 0.3) is 6.08 Å². The molecule has 0 bridgehead atoms. The Balaban J connectivity index is 2.93. The van der Waals surface area contributed by atoms with Gasteiger partial charge in [0.05, 0.1) is 7.11 Å². The molecule has 0 heterocycles. The van der Waals surface area contributed by atoms with Crippen LogP contribution in [0.4, 0.5) is 0 Å². The molecule has 19 heavy (non-hydrogen) atoms. The first-order valence-electron chi connectivity index (χ1n) is 5.70. The van der Waals surface area contributed by atoms with Crippen LogP contribution in [0.3, 0.4) is 0 Å². The van der Waals surface area contributed by atoms with Gasteiger partial charge in [-0.2, -0.15) is 0 Å². The third kappa shape index (κ3) is 3.97. The molecule has 0 aliphatic carbocycles. The molecule has 3 heteroatoms. The van der Waals surface area contributed by atoms with Gasteiger partial charge in [0.2, 0.25) is 5.76 Å². The lowest BCUT2D eigenvalue weighted by Gasteiger charge is -2.02. The fourth-order valence-electron chi connectivity index (χ4n) is 1.42. The molecule has 0 aliphatic rings. The predicted molar refractivity (Wildman–Crippen MR) is 76.9 cm³/mol. The lowest BCUT2D eigenvalue weighted by atomic mass is 10.1. The van der Waals surface area contributed by atoms with E-state index in [1.807, 2.05) is 30.2 Å². The summed E-state index contributed by atoms with van der Waals surface area (Å²) in [5, 5.41) is 19.0. The monoisotopic (exact) mass is 256 g/mol. The van der Waals surface area contributed by atoms with Gasteiger partial charge in [0.15, 0.2) is 5.76 Å². The van der Waals surface area contributed by atoms with E-state index in [4.69, 9.17) is 11.2 Å². The maximum absolute atomic E-state index is 9.69. The molecule has 0 aromatic heterocycles. The lowest BCUT2D eigenvalue weighted by molar-refractivity contribution is 0.352. The molecule has 2 N–H and O–H groups in total. The maximum Gasteiger partial charge on any atom is 0.210 e. The minimum absolute atomic E-state index is 0.310. The number of aliphatic hydroxyl groups is 2. The number of ether oxygens (including phenoxy) is 1. The van der Waals surface area contributed by atoms with Crippen molar-refractivity contribution < 1.29 is 14.9 Å². The zero-order chi connectivity index (χ0) is 14.3. The molecule has 1 aromatic rings. The molecule has 0 spiro atoms. The number of rotatable bonds is 4. The summed E-state index contributed by atoms with van der Waals surface area (Å²) in [7, 11) is 1.61. The van der Waals surface area contributed by atoms with Gasteiger partial charge in [0, 0.05) is 5.57 Å². The average molecular weight is 256 g/mol. The maximum atomic E-state index is 9.69. The first-order valence-corrected chi connectivity index (χ1v) is 5.70. The highest BCUT2D eigenvalue weighted by molar-refractivity contribution is 5.57. The van der Waals surface area contributed by atoms with Gasteiger partial charge in [-0.15, -0.1) is 6.42 Å². The Labute approximate surface area is 113 Å². The molecule has 0 fully saturated rings. The van der Waals surface area contributed by atoms with Gasteiger partial charge in [0.25, 0.3) is 0 Å². The van der Waals surface area contributed by atoms with E-state index in [2.05, 4.69) is 0 Å². The summed E-state index contributed by atoms with van der Waals surface area (Å²) < 4.78 is 5.06. The number of allylic oxidation sites excluding steroid dienone is 3. The van der Waals surface area contributed by atoms with Crippen LogP contribution in [0.2, 0.25) is 0 Å². The SMILES string of the molecule is C#C\C(O)=C(O)/C(=C\C)/C=C/c1ccc(OC)cc1. The van der Waals surface area contributed by atoms with Crippen LogP contribution in [0.15, 0.2) is 53.5 Å². The Morgan fingerprint density at radius 3 is 2.37 bits per heavy atom. The van der Waals surface area contributed by atoms with Crippen molar-refractivity contribution in [1.82, 2.24) is 0 Å². The van der Waals surface area contributed by atoms with E-state index >= 15 is 0 Å². The van der Waals surface area contributed by atoms with Crippen LogP contribution in [0, 0.1) is 12.3 Å². The largest absolute Gasteiger partial charge is 0.503 e. The van der Waals surface area contributed by atoms with Crippen LogP contribution in [0.5, 0.6) is 5.75 Å². The zero-order valence-electron chi connectivity index (χ0n) is 10.9. The van der Waals surface area contributed by atoms with Crippen molar-refractivity contribution >= 4 is 6.08 Å². The third-order valence-electron chi connectivity index (χ3n) is 2.52. The van der Waals surface area contributed by atoms with E-state index in [0.717, 1.165) is 11.3 Å². The van der Waals surface area contributed by atoms with Gasteiger partial charge in [-0.25, -0.2) is 0 Å². The van der Waals surface area contributed by atoms with Crippen molar-refractivity contribution in [2.45, 2.75) is 6.92 Å². The summed E-state index contributed by atoms with van der Waals surface area (Å²) in [6.45, 7) is 1.74. The summed E-state index contributed by atoms with van der Waals surface area (Å²) in [4.78, 5) is 0. The van der Waals surface area contributed by atoms with Gasteiger partial charge in [0.1, 0.15) is 5.75 Å². The van der Waals surface area contributed by atoms with Crippen molar-refractivity contribution in [3.63, 3.8) is 0 Å². The number of aliphatic hydroxyl groups excluding tert-OH is 2. The highest BCUT2D eigenvalue weighted by atomic mass is 16.5.